The topological polar surface area (TPSA) is 3.24 Å². The molecule has 0 saturated carbocycles. The molecular weight excluding hydrogens is 157 g/mol. The molecule has 0 N–H and O–H groups in total. The van der Waals surface area contributed by atoms with Gasteiger partial charge in [-0.3, -0.25) is 4.90 Å². The van der Waals surface area contributed by atoms with Gasteiger partial charge in [0.25, 0.3) is 0 Å². The van der Waals surface area contributed by atoms with Crippen LogP contribution in [0.5, 0.6) is 0 Å². The molecule has 1 radical (unpaired) electrons. The molecule has 2 atom stereocenters. The molecule has 0 aromatic heterocycles. The van der Waals surface area contributed by atoms with Crippen LogP contribution in [0.4, 0.5) is 0 Å². The van der Waals surface area contributed by atoms with Crippen molar-refractivity contribution >= 4 is 23.2 Å². The molecule has 1 fully saturated rings. The van der Waals surface area contributed by atoms with Crippen molar-refractivity contribution in [2.45, 2.75) is 17.2 Å². The van der Waals surface area contributed by atoms with Crippen LogP contribution in [0.2, 0.25) is 0 Å². The fraction of sp³-hybridized carbons (Fsp3) is 0.833. The Morgan fingerprint density at radius 3 is 2.67 bits per heavy atom. The number of hydrogen-bond acceptors (Lipinski definition) is 1. The maximum Gasteiger partial charge on any atom is 0.0521 e. The normalized spacial score (nSPS) is 39.0. The molecule has 3 heteroatoms. The quantitative estimate of drug-likeness (QED) is 0.496. The number of halogens is 2. The van der Waals surface area contributed by atoms with Crippen LogP contribution in [0, 0.1) is 6.54 Å². The van der Waals surface area contributed by atoms with Gasteiger partial charge in [0.05, 0.1) is 5.38 Å². The van der Waals surface area contributed by atoms with E-state index < -0.39 is 0 Å². The summed E-state index contributed by atoms with van der Waals surface area (Å²) < 4.78 is 0. The number of piperidine rings is 1. The Bertz CT molecular complexity index is 72.0. The van der Waals surface area contributed by atoms with Crippen LogP contribution in [0.3, 0.4) is 0 Å². The molecule has 1 rings (SSSR count). The minimum absolute atomic E-state index is 0.131. The van der Waals surface area contributed by atoms with Gasteiger partial charge in [-0.2, -0.15) is 0 Å². The molecule has 9 heavy (non-hydrogen) atoms. The second-order valence-electron chi connectivity index (χ2n) is 2.44. The summed E-state index contributed by atoms with van der Waals surface area (Å²) in [5.74, 6) is 0. The molecule has 53 valence electrons. The Balaban J connectivity index is 2.34. The second kappa shape index (κ2) is 3.09. The van der Waals surface area contributed by atoms with E-state index in [9.17, 15) is 0 Å². The van der Waals surface area contributed by atoms with Crippen molar-refractivity contribution in [3.8, 4) is 0 Å². The van der Waals surface area contributed by atoms with Crippen molar-refractivity contribution in [2.24, 2.45) is 0 Å². The lowest BCUT2D eigenvalue weighted by atomic mass is 10.1. The van der Waals surface area contributed by atoms with E-state index in [2.05, 4.69) is 0 Å². The Morgan fingerprint density at radius 2 is 2.22 bits per heavy atom. The van der Waals surface area contributed by atoms with E-state index >= 15 is 0 Å². The summed E-state index contributed by atoms with van der Waals surface area (Å²) in [5, 5.41) is 0.355. The number of hydrogen-bond donors (Lipinski definition) is 0. The Kier molecular flexibility index (Phi) is 2.62. The molecule has 1 saturated heterocycles. The first-order valence-corrected chi connectivity index (χ1v) is 3.89. The zero-order valence-corrected chi connectivity index (χ0v) is 6.86. The lowest BCUT2D eigenvalue weighted by Crippen LogP contribution is -2.34. The van der Waals surface area contributed by atoms with Crippen LogP contribution in [0.1, 0.15) is 6.42 Å². The van der Waals surface area contributed by atoms with Gasteiger partial charge in [0.15, 0.2) is 0 Å². The third-order valence-corrected chi connectivity index (χ3v) is 1.99. The molecule has 0 aromatic rings. The lowest BCUT2D eigenvalue weighted by molar-refractivity contribution is 0.343. The van der Waals surface area contributed by atoms with Crippen molar-refractivity contribution in [2.75, 3.05) is 13.6 Å². The first-order valence-electron chi connectivity index (χ1n) is 3.02. The Labute approximate surface area is 65.9 Å². The molecule has 1 aliphatic rings. The molecular formula is C6H10Cl2N. The maximum absolute atomic E-state index is 5.86. The highest BCUT2D eigenvalue weighted by molar-refractivity contribution is 6.24. The summed E-state index contributed by atoms with van der Waals surface area (Å²) in [6.07, 6.45) is 0.896. The zero-order chi connectivity index (χ0) is 6.85. The predicted octanol–water partition coefficient (Wildman–Crippen LogP) is 1.70. The average molecular weight is 167 g/mol. The SMILES string of the molecule is CN1[CH]C(Cl)CC(Cl)C1. The number of likely N-dealkylation sites (tertiary alicyclic amines) is 1. The summed E-state index contributed by atoms with van der Waals surface area (Å²) in [5.41, 5.74) is 0. The second-order valence-corrected chi connectivity index (χ2v) is 3.62. The van der Waals surface area contributed by atoms with Crippen molar-refractivity contribution in [3.63, 3.8) is 0 Å². The fourth-order valence-electron chi connectivity index (χ4n) is 1.03. The number of rotatable bonds is 0. The predicted molar refractivity (Wildman–Crippen MR) is 40.8 cm³/mol. The van der Waals surface area contributed by atoms with Gasteiger partial charge < -0.3 is 0 Å². The van der Waals surface area contributed by atoms with Gasteiger partial charge in [-0.05, 0) is 13.5 Å². The van der Waals surface area contributed by atoms with Gasteiger partial charge in [0, 0.05) is 18.5 Å². The highest BCUT2D eigenvalue weighted by Crippen LogP contribution is 2.21. The minimum atomic E-state index is 0.131. The summed E-state index contributed by atoms with van der Waals surface area (Å²) in [6.45, 7) is 2.92. The van der Waals surface area contributed by atoms with Gasteiger partial charge in [0.1, 0.15) is 0 Å². The first-order chi connectivity index (χ1) is 4.18. The van der Waals surface area contributed by atoms with E-state index in [1.807, 2.05) is 18.5 Å². The van der Waals surface area contributed by atoms with Crippen LogP contribution >= 0.6 is 23.2 Å². The van der Waals surface area contributed by atoms with Crippen molar-refractivity contribution < 1.29 is 0 Å². The molecule has 0 spiro atoms. The highest BCUT2D eigenvalue weighted by Gasteiger charge is 2.21. The molecule has 0 aliphatic carbocycles. The van der Waals surface area contributed by atoms with E-state index in [0.717, 1.165) is 13.0 Å². The Hall–Kier alpha value is 0.540. The molecule has 1 nitrogen and oxygen atoms in total. The van der Waals surface area contributed by atoms with E-state index in [1.165, 1.54) is 0 Å². The lowest BCUT2D eigenvalue weighted by Gasteiger charge is -2.28. The molecule has 0 amide bonds. The van der Waals surface area contributed by atoms with E-state index in [4.69, 9.17) is 23.2 Å². The third-order valence-electron chi connectivity index (χ3n) is 1.38. The van der Waals surface area contributed by atoms with E-state index in [-0.39, 0.29) is 10.8 Å². The zero-order valence-electron chi connectivity index (χ0n) is 5.35. The minimum Gasteiger partial charge on any atom is -0.299 e. The van der Waals surface area contributed by atoms with Crippen molar-refractivity contribution in [1.29, 1.82) is 0 Å². The summed E-state index contributed by atoms with van der Waals surface area (Å²) in [7, 11) is 1.99. The molecule has 0 aromatic carbocycles. The Morgan fingerprint density at radius 1 is 1.56 bits per heavy atom. The summed E-state index contributed by atoms with van der Waals surface area (Å²) in [6, 6.07) is 0. The van der Waals surface area contributed by atoms with Crippen molar-refractivity contribution in [1.82, 2.24) is 4.90 Å². The number of alkyl halides is 2. The fourth-order valence-corrected chi connectivity index (χ4v) is 1.94. The van der Waals surface area contributed by atoms with Crippen LogP contribution in [-0.4, -0.2) is 29.2 Å². The van der Waals surface area contributed by atoms with Gasteiger partial charge in [-0.25, -0.2) is 0 Å². The summed E-state index contributed by atoms with van der Waals surface area (Å²) >= 11 is 11.7. The van der Waals surface area contributed by atoms with Crippen LogP contribution in [0.25, 0.3) is 0 Å². The van der Waals surface area contributed by atoms with Gasteiger partial charge in [-0.15, -0.1) is 23.2 Å². The van der Waals surface area contributed by atoms with Gasteiger partial charge in [-0.1, -0.05) is 0 Å². The van der Waals surface area contributed by atoms with Crippen LogP contribution in [0.15, 0.2) is 0 Å². The number of nitrogens with zero attached hydrogens (tertiary/aromatic N) is 1. The molecule has 1 heterocycles. The molecule has 0 bridgehead atoms. The largest absolute Gasteiger partial charge is 0.299 e. The average Bonchev–Trinajstić information content (AvgIpc) is 1.59. The highest BCUT2D eigenvalue weighted by atomic mass is 35.5. The van der Waals surface area contributed by atoms with Gasteiger partial charge >= 0.3 is 0 Å². The molecule has 1 aliphatic heterocycles. The first kappa shape index (κ1) is 7.64. The molecule has 2 unspecified atom stereocenters. The van der Waals surface area contributed by atoms with Crippen LogP contribution < -0.4 is 0 Å². The smallest absolute Gasteiger partial charge is 0.0521 e. The van der Waals surface area contributed by atoms with E-state index in [0.29, 0.717) is 0 Å². The third kappa shape index (κ3) is 2.32. The van der Waals surface area contributed by atoms with Crippen LogP contribution in [-0.2, 0) is 0 Å². The monoisotopic (exact) mass is 166 g/mol. The van der Waals surface area contributed by atoms with E-state index in [1.54, 1.807) is 0 Å². The van der Waals surface area contributed by atoms with Gasteiger partial charge in [0.2, 0.25) is 0 Å². The van der Waals surface area contributed by atoms with Crippen molar-refractivity contribution in [3.05, 3.63) is 6.54 Å². The summed E-state index contributed by atoms with van der Waals surface area (Å²) in [4.78, 5) is 2.04. The standard InChI is InChI=1S/C6H10Cl2N/c1-9-3-5(7)2-6(8)4-9/h3,5-6H,2,4H2,1H3. The maximum atomic E-state index is 5.86.